The summed E-state index contributed by atoms with van der Waals surface area (Å²) in [6.45, 7) is 2.03. The highest BCUT2D eigenvalue weighted by Gasteiger charge is 2.21. The lowest BCUT2D eigenvalue weighted by molar-refractivity contribution is 0.0509. The number of hydrogen-bond donors (Lipinski definition) is 0. The minimum absolute atomic E-state index is 0.114. The number of para-hydroxylation sites is 1. The van der Waals surface area contributed by atoms with E-state index < -0.39 is 5.97 Å². The van der Waals surface area contributed by atoms with Crippen molar-refractivity contribution in [1.29, 1.82) is 0 Å². The zero-order chi connectivity index (χ0) is 19.5. The van der Waals surface area contributed by atoms with Gasteiger partial charge in [0.1, 0.15) is 5.69 Å². The molecular formula is C24H21NO3. The number of benzene rings is 3. The van der Waals surface area contributed by atoms with Crippen molar-refractivity contribution in [3.8, 4) is 0 Å². The molecule has 4 rings (SSSR count). The number of nitrogens with zero attached hydrogens (tertiary/aromatic N) is 1. The van der Waals surface area contributed by atoms with Crippen molar-refractivity contribution in [2.24, 2.45) is 0 Å². The highest BCUT2D eigenvalue weighted by molar-refractivity contribution is 6.03. The van der Waals surface area contributed by atoms with Crippen molar-refractivity contribution in [1.82, 2.24) is 4.57 Å². The molecule has 1 aromatic heterocycles. The molecule has 0 atom stereocenters. The summed E-state index contributed by atoms with van der Waals surface area (Å²) in [7, 11) is 0. The normalized spacial score (nSPS) is 11.0. The Kier molecular flexibility index (Phi) is 4.94. The van der Waals surface area contributed by atoms with Gasteiger partial charge in [-0.25, -0.2) is 4.79 Å². The molecule has 0 unspecified atom stereocenters. The third-order valence-electron chi connectivity index (χ3n) is 4.93. The summed E-state index contributed by atoms with van der Waals surface area (Å²) in [5.41, 5.74) is 2.14. The summed E-state index contributed by atoms with van der Waals surface area (Å²) in [6.07, 6.45) is 0.911. The van der Waals surface area contributed by atoms with E-state index in [1.165, 1.54) is 4.57 Å². The van der Waals surface area contributed by atoms with Crippen LogP contribution in [0.4, 0.5) is 0 Å². The van der Waals surface area contributed by atoms with Crippen molar-refractivity contribution < 1.29 is 14.3 Å². The maximum atomic E-state index is 13.1. The van der Waals surface area contributed by atoms with Crippen LogP contribution in [0.25, 0.3) is 21.7 Å². The maximum Gasteiger partial charge on any atom is 0.355 e. The summed E-state index contributed by atoms with van der Waals surface area (Å²) in [6, 6.07) is 23.5. The molecule has 0 aliphatic carbocycles. The monoisotopic (exact) mass is 371 g/mol. The van der Waals surface area contributed by atoms with Crippen molar-refractivity contribution >= 4 is 33.6 Å². The summed E-state index contributed by atoms with van der Waals surface area (Å²) < 4.78 is 6.66. The molecule has 0 bridgehead atoms. The molecule has 0 amide bonds. The second-order valence-corrected chi connectivity index (χ2v) is 6.68. The summed E-state index contributed by atoms with van der Waals surface area (Å²) in [5, 5.41) is 3.16. The minimum atomic E-state index is -0.475. The van der Waals surface area contributed by atoms with Crippen LogP contribution in [0.2, 0.25) is 0 Å². The van der Waals surface area contributed by atoms with E-state index in [2.05, 4.69) is 24.3 Å². The average Bonchev–Trinajstić information content (AvgIpc) is 3.12. The highest BCUT2D eigenvalue weighted by Crippen LogP contribution is 2.23. The van der Waals surface area contributed by atoms with Gasteiger partial charge in [-0.15, -0.1) is 0 Å². The third-order valence-corrected chi connectivity index (χ3v) is 4.93. The van der Waals surface area contributed by atoms with Crippen LogP contribution in [0, 0.1) is 0 Å². The molecular weight excluding hydrogens is 350 g/mol. The Morgan fingerprint density at radius 3 is 2.43 bits per heavy atom. The third kappa shape index (κ3) is 3.29. The van der Waals surface area contributed by atoms with Crippen molar-refractivity contribution in [2.75, 3.05) is 6.61 Å². The van der Waals surface area contributed by atoms with Gasteiger partial charge in [-0.1, -0.05) is 60.7 Å². The van der Waals surface area contributed by atoms with Crippen molar-refractivity contribution in [3.05, 3.63) is 84.1 Å². The molecule has 0 aliphatic rings. The number of hydrogen-bond acceptors (Lipinski definition) is 3. The van der Waals surface area contributed by atoms with Crippen molar-refractivity contribution in [2.45, 2.75) is 19.8 Å². The SMILES string of the molecule is CCOC(=O)c1cc2ccccc2n1C(=O)CCc1cccc2ccccc12. The van der Waals surface area contributed by atoms with Crippen LogP contribution >= 0.6 is 0 Å². The van der Waals surface area contributed by atoms with Crippen LogP contribution in [0.1, 0.15) is 34.2 Å². The first-order valence-corrected chi connectivity index (χ1v) is 9.46. The molecule has 4 heteroatoms. The quantitative estimate of drug-likeness (QED) is 0.451. The Labute approximate surface area is 163 Å². The fraction of sp³-hybridized carbons (Fsp3) is 0.167. The van der Waals surface area contributed by atoms with Gasteiger partial charge in [0.25, 0.3) is 0 Å². The molecule has 0 spiro atoms. The second-order valence-electron chi connectivity index (χ2n) is 6.68. The Morgan fingerprint density at radius 1 is 0.893 bits per heavy atom. The molecule has 0 saturated heterocycles. The van der Waals surface area contributed by atoms with E-state index in [4.69, 9.17) is 4.74 Å². The first-order valence-electron chi connectivity index (χ1n) is 9.46. The van der Waals surface area contributed by atoms with Crippen LogP contribution in [-0.4, -0.2) is 23.1 Å². The van der Waals surface area contributed by atoms with E-state index in [9.17, 15) is 9.59 Å². The smallest absolute Gasteiger partial charge is 0.355 e. The first-order chi connectivity index (χ1) is 13.7. The van der Waals surface area contributed by atoms with E-state index in [0.29, 0.717) is 12.8 Å². The zero-order valence-electron chi connectivity index (χ0n) is 15.7. The Balaban J connectivity index is 1.67. The number of rotatable bonds is 5. The molecule has 3 aromatic carbocycles. The van der Waals surface area contributed by atoms with E-state index in [1.807, 2.05) is 42.5 Å². The Bertz CT molecular complexity index is 1170. The van der Waals surface area contributed by atoms with E-state index >= 15 is 0 Å². The molecule has 1 heterocycles. The molecule has 0 aliphatic heterocycles. The van der Waals surface area contributed by atoms with Gasteiger partial charge in [-0.2, -0.15) is 0 Å². The fourth-order valence-corrected chi connectivity index (χ4v) is 3.64. The molecule has 4 nitrogen and oxygen atoms in total. The van der Waals surface area contributed by atoms with Crippen LogP contribution in [0.15, 0.2) is 72.8 Å². The number of ether oxygens (including phenoxy) is 1. The molecule has 0 saturated carbocycles. The lowest BCUT2D eigenvalue weighted by Gasteiger charge is -2.10. The van der Waals surface area contributed by atoms with Gasteiger partial charge in [0.2, 0.25) is 5.91 Å². The Hall–Kier alpha value is -3.40. The van der Waals surface area contributed by atoms with Crippen LogP contribution in [0.5, 0.6) is 0 Å². The number of aromatic nitrogens is 1. The molecule has 4 aromatic rings. The van der Waals surface area contributed by atoms with E-state index in [-0.39, 0.29) is 18.2 Å². The van der Waals surface area contributed by atoms with Gasteiger partial charge in [0.15, 0.2) is 0 Å². The number of carbonyl (C=O) groups is 2. The van der Waals surface area contributed by atoms with Gasteiger partial charge in [0, 0.05) is 11.8 Å². The molecule has 0 radical (unpaired) electrons. The van der Waals surface area contributed by atoms with Crippen LogP contribution in [0.3, 0.4) is 0 Å². The summed E-state index contributed by atoms with van der Waals surface area (Å²) >= 11 is 0. The van der Waals surface area contributed by atoms with Gasteiger partial charge in [0.05, 0.1) is 12.1 Å². The van der Waals surface area contributed by atoms with Gasteiger partial charge in [-0.05, 0) is 41.8 Å². The molecule has 140 valence electrons. The first kappa shape index (κ1) is 18.0. The van der Waals surface area contributed by atoms with Gasteiger partial charge >= 0.3 is 5.97 Å². The predicted molar refractivity (Wildman–Crippen MR) is 111 cm³/mol. The highest BCUT2D eigenvalue weighted by atomic mass is 16.5. The molecule has 0 N–H and O–H groups in total. The number of esters is 1. The maximum absolute atomic E-state index is 13.1. The van der Waals surface area contributed by atoms with Gasteiger partial charge < -0.3 is 4.74 Å². The van der Waals surface area contributed by atoms with Crippen LogP contribution in [-0.2, 0) is 11.2 Å². The van der Waals surface area contributed by atoms with E-state index in [1.54, 1.807) is 13.0 Å². The predicted octanol–water partition coefficient (Wildman–Crippen LogP) is 5.24. The fourth-order valence-electron chi connectivity index (χ4n) is 3.64. The number of carbonyl (C=O) groups excluding carboxylic acids is 2. The Morgan fingerprint density at radius 2 is 1.61 bits per heavy atom. The zero-order valence-corrected chi connectivity index (χ0v) is 15.7. The standard InChI is InChI=1S/C24H21NO3/c1-2-28-24(27)22-16-19-9-4-6-13-21(19)25(22)23(26)15-14-18-11-7-10-17-8-3-5-12-20(17)18/h3-13,16H,2,14-15H2,1H3. The summed E-state index contributed by atoms with van der Waals surface area (Å²) in [4.78, 5) is 25.5. The lowest BCUT2D eigenvalue weighted by atomic mass is 10.0. The van der Waals surface area contributed by atoms with Gasteiger partial charge in [-0.3, -0.25) is 9.36 Å². The largest absolute Gasteiger partial charge is 0.461 e. The summed E-state index contributed by atoms with van der Waals surface area (Å²) in [5.74, 6) is -0.589. The topological polar surface area (TPSA) is 48.3 Å². The van der Waals surface area contributed by atoms with Crippen LogP contribution < -0.4 is 0 Å². The minimum Gasteiger partial charge on any atom is -0.461 e. The second kappa shape index (κ2) is 7.69. The molecule has 0 fully saturated rings. The molecule has 28 heavy (non-hydrogen) atoms. The number of fused-ring (bicyclic) bond motifs is 2. The number of aryl methyl sites for hydroxylation is 1. The van der Waals surface area contributed by atoms with E-state index in [0.717, 1.165) is 27.2 Å². The lowest BCUT2D eigenvalue weighted by Crippen LogP contribution is -2.19. The average molecular weight is 371 g/mol. The van der Waals surface area contributed by atoms with Crippen molar-refractivity contribution in [3.63, 3.8) is 0 Å².